The third-order valence-corrected chi connectivity index (χ3v) is 3.99. The molecule has 0 bridgehead atoms. The summed E-state index contributed by atoms with van der Waals surface area (Å²) in [6.07, 6.45) is 1.88. The molecule has 0 atom stereocenters. The second-order valence-corrected chi connectivity index (χ2v) is 6.02. The van der Waals surface area contributed by atoms with Crippen LogP contribution in [0.25, 0.3) is 0 Å². The zero-order valence-corrected chi connectivity index (χ0v) is 13.0. The van der Waals surface area contributed by atoms with Gasteiger partial charge in [0.25, 0.3) is 0 Å². The highest BCUT2D eigenvalue weighted by molar-refractivity contribution is 7.99. The van der Waals surface area contributed by atoms with Gasteiger partial charge in [-0.1, -0.05) is 36.4 Å². The van der Waals surface area contributed by atoms with Crippen molar-refractivity contribution < 1.29 is 0 Å². The lowest BCUT2D eigenvalue weighted by atomic mass is 10.1. The molecule has 4 heteroatoms. The van der Waals surface area contributed by atoms with Crippen molar-refractivity contribution in [3.05, 3.63) is 46.4 Å². The van der Waals surface area contributed by atoms with Gasteiger partial charge >= 0.3 is 0 Å². The van der Waals surface area contributed by atoms with E-state index in [0.29, 0.717) is 5.15 Å². The number of aromatic nitrogens is 2. The Balaban J connectivity index is 2.24. The van der Waals surface area contributed by atoms with E-state index in [0.717, 1.165) is 23.7 Å². The van der Waals surface area contributed by atoms with E-state index in [1.54, 1.807) is 11.8 Å². The molecule has 1 aromatic heterocycles. The number of rotatable bonds is 4. The van der Waals surface area contributed by atoms with E-state index in [-0.39, 0.29) is 0 Å². The SMILES string of the molecule is CCCc1nc(Cl)cc(Sc2ccc(C)c(C)c2)n1. The van der Waals surface area contributed by atoms with Crippen molar-refractivity contribution in [1.29, 1.82) is 0 Å². The van der Waals surface area contributed by atoms with Crippen LogP contribution >= 0.6 is 23.4 Å². The van der Waals surface area contributed by atoms with Crippen molar-refractivity contribution >= 4 is 23.4 Å². The quantitative estimate of drug-likeness (QED) is 0.753. The van der Waals surface area contributed by atoms with Crippen molar-refractivity contribution in [1.82, 2.24) is 9.97 Å². The normalized spacial score (nSPS) is 10.7. The second kappa shape index (κ2) is 6.40. The molecule has 0 saturated carbocycles. The van der Waals surface area contributed by atoms with Gasteiger partial charge in [0.2, 0.25) is 0 Å². The molecule has 0 N–H and O–H groups in total. The number of benzene rings is 1. The summed E-state index contributed by atoms with van der Waals surface area (Å²) in [6, 6.07) is 8.24. The monoisotopic (exact) mass is 292 g/mol. The van der Waals surface area contributed by atoms with E-state index in [1.165, 1.54) is 16.0 Å². The zero-order chi connectivity index (χ0) is 13.8. The number of nitrogens with zero attached hydrogens (tertiary/aromatic N) is 2. The molecule has 0 aliphatic rings. The lowest BCUT2D eigenvalue weighted by molar-refractivity contribution is 0.810. The Hall–Kier alpha value is -1.06. The van der Waals surface area contributed by atoms with E-state index in [4.69, 9.17) is 11.6 Å². The summed E-state index contributed by atoms with van der Waals surface area (Å²) in [5.41, 5.74) is 2.59. The minimum Gasteiger partial charge on any atom is -0.226 e. The number of halogens is 1. The molecule has 1 heterocycles. The standard InChI is InChI=1S/C15H17ClN2S/c1-4-5-14-17-13(16)9-15(18-14)19-12-7-6-10(2)11(3)8-12/h6-9H,4-5H2,1-3H3. The highest BCUT2D eigenvalue weighted by atomic mass is 35.5. The van der Waals surface area contributed by atoms with Gasteiger partial charge in [-0.25, -0.2) is 9.97 Å². The van der Waals surface area contributed by atoms with E-state index >= 15 is 0 Å². The van der Waals surface area contributed by atoms with Gasteiger partial charge in [-0.15, -0.1) is 0 Å². The topological polar surface area (TPSA) is 25.8 Å². The molecule has 0 aliphatic carbocycles. The highest BCUT2D eigenvalue weighted by Crippen LogP contribution is 2.29. The predicted molar refractivity (Wildman–Crippen MR) is 81.1 cm³/mol. The summed E-state index contributed by atoms with van der Waals surface area (Å²) >= 11 is 7.67. The summed E-state index contributed by atoms with van der Waals surface area (Å²) in [5, 5.41) is 1.43. The Morgan fingerprint density at radius 1 is 1.11 bits per heavy atom. The fourth-order valence-corrected chi connectivity index (χ4v) is 2.93. The fraction of sp³-hybridized carbons (Fsp3) is 0.333. The summed E-state index contributed by atoms with van der Waals surface area (Å²) in [6.45, 7) is 6.35. The molecule has 0 spiro atoms. The predicted octanol–water partition coefficient (Wildman–Crippen LogP) is 4.85. The van der Waals surface area contributed by atoms with Crippen LogP contribution in [0.4, 0.5) is 0 Å². The van der Waals surface area contributed by atoms with Crippen LogP contribution in [0.5, 0.6) is 0 Å². The van der Waals surface area contributed by atoms with Crippen LogP contribution in [0.1, 0.15) is 30.3 Å². The zero-order valence-electron chi connectivity index (χ0n) is 11.4. The number of hydrogen-bond acceptors (Lipinski definition) is 3. The van der Waals surface area contributed by atoms with Gasteiger partial charge in [0.05, 0.1) is 0 Å². The van der Waals surface area contributed by atoms with Crippen LogP contribution in [0.15, 0.2) is 34.2 Å². The molecule has 2 rings (SSSR count). The average molecular weight is 293 g/mol. The Bertz CT molecular complexity index is 584. The lowest BCUT2D eigenvalue weighted by Crippen LogP contribution is -1.96. The molecule has 2 nitrogen and oxygen atoms in total. The third-order valence-electron chi connectivity index (χ3n) is 2.89. The van der Waals surface area contributed by atoms with Gasteiger partial charge in [-0.05, 0) is 43.5 Å². The molecule has 100 valence electrons. The van der Waals surface area contributed by atoms with Crippen molar-refractivity contribution in [3.63, 3.8) is 0 Å². The molecule has 0 amide bonds. The molecule has 1 aromatic carbocycles. The van der Waals surface area contributed by atoms with Gasteiger partial charge in [0.15, 0.2) is 0 Å². The van der Waals surface area contributed by atoms with Gasteiger partial charge in [0, 0.05) is 17.4 Å². The number of hydrogen-bond donors (Lipinski definition) is 0. The Kier molecular flexibility index (Phi) is 4.83. The fourth-order valence-electron chi connectivity index (χ4n) is 1.73. The van der Waals surface area contributed by atoms with Crippen LogP contribution in [0.3, 0.4) is 0 Å². The molecule has 19 heavy (non-hydrogen) atoms. The second-order valence-electron chi connectivity index (χ2n) is 4.54. The Morgan fingerprint density at radius 2 is 1.89 bits per heavy atom. The molecule has 0 aliphatic heterocycles. The third kappa shape index (κ3) is 3.95. The van der Waals surface area contributed by atoms with Crippen molar-refractivity contribution in [2.75, 3.05) is 0 Å². The molecular weight excluding hydrogens is 276 g/mol. The van der Waals surface area contributed by atoms with Crippen LogP contribution in [-0.2, 0) is 6.42 Å². The average Bonchev–Trinajstić information content (AvgIpc) is 2.33. The first-order valence-corrected chi connectivity index (χ1v) is 7.56. The first kappa shape index (κ1) is 14.4. The summed E-state index contributed by atoms with van der Waals surface area (Å²) < 4.78 is 0. The molecule has 0 fully saturated rings. The summed E-state index contributed by atoms with van der Waals surface area (Å²) in [5.74, 6) is 0.821. The maximum atomic E-state index is 6.04. The lowest BCUT2D eigenvalue weighted by Gasteiger charge is -2.06. The molecular formula is C15H17ClN2S. The van der Waals surface area contributed by atoms with Gasteiger partial charge in [-0.3, -0.25) is 0 Å². The van der Waals surface area contributed by atoms with Crippen LogP contribution in [-0.4, -0.2) is 9.97 Å². The summed E-state index contributed by atoms with van der Waals surface area (Å²) in [4.78, 5) is 9.96. The van der Waals surface area contributed by atoms with Crippen LogP contribution < -0.4 is 0 Å². The Labute approximate surface area is 123 Å². The van der Waals surface area contributed by atoms with Gasteiger partial charge in [0.1, 0.15) is 16.0 Å². The van der Waals surface area contributed by atoms with Gasteiger partial charge < -0.3 is 0 Å². The van der Waals surface area contributed by atoms with E-state index in [9.17, 15) is 0 Å². The van der Waals surface area contributed by atoms with Crippen molar-refractivity contribution in [3.8, 4) is 0 Å². The maximum Gasteiger partial charge on any atom is 0.133 e. The molecule has 2 aromatic rings. The summed E-state index contributed by atoms with van der Waals surface area (Å²) in [7, 11) is 0. The van der Waals surface area contributed by atoms with E-state index < -0.39 is 0 Å². The first-order chi connectivity index (χ1) is 9.08. The van der Waals surface area contributed by atoms with Crippen LogP contribution in [0, 0.1) is 13.8 Å². The first-order valence-electron chi connectivity index (χ1n) is 6.37. The molecule has 0 unspecified atom stereocenters. The Morgan fingerprint density at radius 3 is 2.58 bits per heavy atom. The highest BCUT2D eigenvalue weighted by Gasteiger charge is 2.05. The van der Waals surface area contributed by atoms with Crippen molar-refractivity contribution in [2.24, 2.45) is 0 Å². The van der Waals surface area contributed by atoms with Crippen LogP contribution in [0.2, 0.25) is 5.15 Å². The maximum absolute atomic E-state index is 6.04. The number of aryl methyl sites for hydroxylation is 3. The minimum absolute atomic E-state index is 0.518. The van der Waals surface area contributed by atoms with E-state index in [1.807, 2.05) is 6.07 Å². The largest absolute Gasteiger partial charge is 0.226 e. The molecule has 0 radical (unpaired) electrons. The smallest absolute Gasteiger partial charge is 0.133 e. The molecule has 0 saturated heterocycles. The van der Waals surface area contributed by atoms with E-state index in [2.05, 4.69) is 48.9 Å². The minimum atomic E-state index is 0.518. The van der Waals surface area contributed by atoms with Gasteiger partial charge in [-0.2, -0.15) is 0 Å². The van der Waals surface area contributed by atoms with Crippen molar-refractivity contribution in [2.45, 2.75) is 43.5 Å².